The van der Waals surface area contributed by atoms with Crippen LogP contribution in [0.1, 0.15) is 37.7 Å². The van der Waals surface area contributed by atoms with Gasteiger partial charge in [-0.15, -0.1) is 0 Å². The van der Waals surface area contributed by atoms with Crippen LogP contribution in [0.2, 0.25) is 0 Å². The second-order valence-corrected chi connectivity index (χ2v) is 8.56. The molecule has 2 aliphatic rings. The van der Waals surface area contributed by atoms with Gasteiger partial charge in [-0.2, -0.15) is 0 Å². The Labute approximate surface area is 183 Å². The fourth-order valence-corrected chi connectivity index (χ4v) is 4.63. The summed E-state index contributed by atoms with van der Waals surface area (Å²) >= 11 is 0. The largest absolute Gasteiger partial charge is 0.477 e. The van der Waals surface area contributed by atoms with Crippen molar-refractivity contribution in [1.82, 2.24) is 9.88 Å². The fraction of sp³-hybridized carbons (Fsp3) is 0.346. The van der Waals surface area contributed by atoms with E-state index in [-0.39, 0.29) is 11.9 Å². The molecule has 1 N–H and O–H groups in total. The predicted molar refractivity (Wildman–Crippen MR) is 123 cm³/mol. The van der Waals surface area contributed by atoms with Gasteiger partial charge in [-0.3, -0.25) is 4.79 Å². The zero-order valence-electron chi connectivity index (χ0n) is 17.7. The second kappa shape index (κ2) is 8.88. The molecule has 1 aliphatic carbocycles. The van der Waals surface area contributed by atoms with Crippen molar-refractivity contribution >= 4 is 11.6 Å². The molecule has 2 heterocycles. The maximum atomic E-state index is 13.0. The van der Waals surface area contributed by atoms with Crippen molar-refractivity contribution < 1.29 is 9.53 Å². The number of rotatable bonds is 5. The average molecular weight is 416 g/mol. The molecular formula is C26H29N3O2. The molecular weight excluding hydrogens is 386 g/mol. The van der Waals surface area contributed by atoms with Crippen molar-refractivity contribution in [2.45, 2.75) is 50.8 Å². The number of para-hydroxylation sites is 2. The summed E-state index contributed by atoms with van der Waals surface area (Å²) < 4.78 is 8.21. The highest BCUT2D eigenvalue weighted by Gasteiger charge is 2.32. The summed E-state index contributed by atoms with van der Waals surface area (Å²) in [5.74, 6) is 0.788. The predicted octanol–water partition coefficient (Wildman–Crippen LogP) is 4.69. The number of nitrogens with zero attached hydrogens (tertiary/aromatic N) is 2. The Balaban J connectivity index is 1.31. The summed E-state index contributed by atoms with van der Waals surface area (Å²) in [6.45, 7) is 1.29. The van der Waals surface area contributed by atoms with Gasteiger partial charge in [-0.1, -0.05) is 43.5 Å². The monoisotopic (exact) mass is 415 g/mol. The topological polar surface area (TPSA) is 46.5 Å². The summed E-state index contributed by atoms with van der Waals surface area (Å²) in [5, 5.41) is 3.23. The third-order valence-electron chi connectivity index (χ3n) is 6.32. The van der Waals surface area contributed by atoms with Crippen molar-refractivity contribution in [3.8, 4) is 11.4 Å². The first-order chi connectivity index (χ1) is 15.3. The third-order valence-corrected chi connectivity index (χ3v) is 6.32. The SMILES string of the molecule is O=C(NC1CCCCC1)C1CN(Cc2ccc(-n3cccc3)cc2)c2ccccc2O1. The summed E-state index contributed by atoms with van der Waals surface area (Å²) in [5.41, 5.74) is 3.39. The molecule has 5 rings (SSSR count). The molecule has 1 amide bonds. The van der Waals surface area contributed by atoms with Crippen LogP contribution in [0, 0.1) is 0 Å². The third kappa shape index (κ3) is 4.46. The van der Waals surface area contributed by atoms with Crippen LogP contribution in [-0.4, -0.2) is 29.2 Å². The normalized spacial score (nSPS) is 18.8. The molecule has 1 aromatic heterocycles. The summed E-state index contributed by atoms with van der Waals surface area (Å²) in [6.07, 6.45) is 9.42. The number of amides is 1. The van der Waals surface area contributed by atoms with E-state index in [9.17, 15) is 4.79 Å². The maximum Gasteiger partial charge on any atom is 0.263 e. The lowest BCUT2D eigenvalue weighted by Crippen LogP contribution is -2.51. The Morgan fingerprint density at radius 3 is 2.45 bits per heavy atom. The summed E-state index contributed by atoms with van der Waals surface area (Å²) in [4.78, 5) is 15.2. The van der Waals surface area contributed by atoms with Gasteiger partial charge in [-0.05, 0) is 54.8 Å². The van der Waals surface area contributed by atoms with Crippen LogP contribution in [0.4, 0.5) is 5.69 Å². The molecule has 3 aromatic rings. The molecule has 1 atom stereocenters. The molecule has 1 fully saturated rings. The minimum atomic E-state index is -0.490. The van der Waals surface area contributed by atoms with Crippen LogP contribution in [0.15, 0.2) is 73.1 Å². The van der Waals surface area contributed by atoms with Crippen molar-refractivity contribution in [1.29, 1.82) is 0 Å². The molecule has 1 aliphatic heterocycles. The van der Waals surface area contributed by atoms with Crippen molar-refractivity contribution in [3.63, 3.8) is 0 Å². The van der Waals surface area contributed by atoms with Gasteiger partial charge < -0.3 is 19.5 Å². The number of carbonyl (C=O) groups excluding carboxylic acids is 1. The second-order valence-electron chi connectivity index (χ2n) is 8.56. The van der Waals surface area contributed by atoms with Gasteiger partial charge in [0.25, 0.3) is 5.91 Å². The minimum absolute atomic E-state index is 0.00867. The molecule has 5 heteroatoms. The zero-order chi connectivity index (χ0) is 21.0. The van der Waals surface area contributed by atoms with Gasteiger partial charge in [0, 0.05) is 30.7 Å². The van der Waals surface area contributed by atoms with E-state index in [1.54, 1.807) is 0 Å². The molecule has 0 bridgehead atoms. The summed E-state index contributed by atoms with van der Waals surface area (Å²) in [7, 11) is 0. The number of fused-ring (bicyclic) bond motifs is 1. The molecule has 0 spiro atoms. The van der Waals surface area contributed by atoms with Crippen molar-refractivity contribution in [3.05, 3.63) is 78.6 Å². The molecule has 0 radical (unpaired) electrons. The highest BCUT2D eigenvalue weighted by atomic mass is 16.5. The molecule has 0 saturated heterocycles. The number of nitrogens with one attached hydrogen (secondary N) is 1. The molecule has 2 aromatic carbocycles. The van der Waals surface area contributed by atoms with E-state index in [2.05, 4.69) is 45.1 Å². The van der Waals surface area contributed by atoms with Gasteiger partial charge in [-0.25, -0.2) is 0 Å². The Bertz CT molecular complexity index is 1010. The lowest BCUT2D eigenvalue weighted by atomic mass is 9.95. The van der Waals surface area contributed by atoms with Gasteiger partial charge in [0.1, 0.15) is 5.75 Å². The first-order valence-corrected chi connectivity index (χ1v) is 11.3. The minimum Gasteiger partial charge on any atom is -0.477 e. The molecule has 160 valence electrons. The highest BCUT2D eigenvalue weighted by Crippen LogP contribution is 2.34. The molecule has 31 heavy (non-hydrogen) atoms. The smallest absolute Gasteiger partial charge is 0.263 e. The number of benzene rings is 2. The standard InChI is InChI=1S/C26H29N3O2/c30-26(27-21-8-2-1-3-9-21)25-19-29(23-10-4-5-11-24(23)31-25)18-20-12-14-22(15-13-20)28-16-6-7-17-28/h4-7,10-17,21,25H,1-3,8-9,18-19H2,(H,27,30). The number of hydrogen-bond acceptors (Lipinski definition) is 3. The van der Waals surface area contributed by atoms with Gasteiger partial charge in [0.15, 0.2) is 6.10 Å². The van der Waals surface area contributed by atoms with E-state index in [1.165, 1.54) is 24.8 Å². The van der Waals surface area contributed by atoms with E-state index >= 15 is 0 Å². The van der Waals surface area contributed by atoms with E-state index < -0.39 is 6.10 Å². The summed E-state index contributed by atoms with van der Waals surface area (Å²) in [6, 6.07) is 20.9. The Morgan fingerprint density at radius 2 is 1.68 bits per heavy atom. The van der Waals surface area contributed by atoms with Gasteiger partial charge in [0.05, 0.1) is 12.2 Å². The fourth-order valence-electron chi connectivity index (χ4n) is 4.63. The van der Waals surface area contributed by atoms with E-state index in [1.807, 2.05) is 42.7 Å². The molecule has 1 saturated carbocycles. The molecule has 5 nitrogen and oxygen atoms in total. The lowest BCUT2D eigenvalue weighted by Gasteiger charge is -2.36. The maximum absolute atomic E-state index is 13.0. The Hall–Kier alpha value is -3.21. The van der Waals surface area contributed by atoms with Gasteiger partial charge >= 0.3 is 0 Å². The van der Waals surface area contributed by atoms with Crippen molar-refractivity contribution in [2.24, 2.45) is 0 Å². The number of aromatic nitrogens is 1. The Kier molecular flexibility index (Phi) is 5.65. The van der Waals surface area contributed by atoms with E-state index in [4.69, 9.17) is 4.74 Å². The van der Waals surface area contributed by atoms with Crippen molar-refractivity contribution in [2.75, 3.05) is 11.4 Å². The number of anilines is 1. The van der Waals surface area contributed by atoms with Crippen LogP contribution in [0.3, 0.4) is 0 Å². The quantitative estimate of drug-likeness (QED) is 0.657. The van der Waals surface area contributed by atoms with E-state index in [0.717, 1.165) is 36.5 Å². The van der Waals surface area contributed by atoms with Crippen LogP contribution in [-0.2, 0) is 11.3 Å². The van der Waals surface area contributed by atoms with Gasteiger partial charge in [0.2, 0.25) is 0 Å². The molecule has 1 unspecified atom stereocenters. The number of ether oxygens (including phenoxy) is 1. The van der Waals surface area contributed by atoms with Crippen LogP contribution >= 0.6 is 0 Å². The zero-order valence-corrected chi connectivity index (χ0v) is 17.7. The Morgan fingerprint density at radius 1 is 0.935 bits per heavy atom. The average Bonchev–Trinajstić information content (AvgIpc) is 3.35. The van der Waals surface area contributed by atoms with Crippen LogP contribution < -0.4 is 15.0 Å². The van der Waals surface area contributed by atoms with E-state index in [0.29, 0.717) is 6.54 Å². The van der Waals surface area contributed by atoms with Crippen LogP contribution in [0.5, 0.6) is 5.75 Å². The lowest BCUT2D eigenvalue weighted by molar-refractivity contribution is -0.128. The number of hydrogen-bond donors (Lipinski definition) is 1. The first kappa shape index (κ1) is 19.7. The first-order valence-electron chi connectivity index (χ1n) is 11.3. The van der Waals surface area contributed by atoms with Crippen LogP contribution in [0.25, 0.3) is 5.69 Å². The highest BCUT2D eigenvalue weighted by molar-refractivity contribution is 5.83. The number of carbonyl (C=O) groups is 1.